The van der Waals surface area contributed by atoms with Gasteiger partial charge in [0.15, 0.2) is 0 Å². The molecule has 0 saturated heterocycles. The van der Waals surface area contributed by atoms with Gasteiger partial charge in [-0.1, -0.05) is 24.3 Å². The minimum atomic E-state index is -1.09. The van der Waals surface area contributed by atoms with Gasteiger partial charge in [-0.3, -0.25) is 14.6 Å². The summed E-state index contributed by atoms with van der Waals surface area (Å²) in [6.07, 6.45) is 2.00. The molecule has 6 N–H and O–H groups in total. The first-order chi connectivity index (χ1) is 16.3. The number of rotatable bonds is 9. The standard InChI is InChI=1S/C25H29N5O4/c1-16(26)12-21-14-19(23(31)27-10-5-11-28-25(33)34)13-17-8-9-18(15-22(17)29-21)24(32)30-20-6-3-2-4-7-20/h2-4,6-9,13,15-16,28H,5,10-12,14,26H2,1H3,(H,27,31)(H,30,32)(H,33,34). The number of nitrogens with one attached hydrogen (secondary N) is 3. The highest BCUT2D eigenvalue weighted by Crippen LogP contribution is 2.29. The number of fused-ring (bicyclic) bond motifs is 1. The number of carbonyl (C=O) groups excluding carboxylic acids is 2. The highest BCUT2D eigenvalue weighted by atomic mass is 16.4. The van der Waals surface area contributed by atoms with Gasteiger partial charge in [-0.2, -0.15) is 0 Å². The molecule has 9 nitrogen and oxygen atoms in total. The summed E-state index contributed by atoms with van der Waals surface area (Å²) in [6, 6.07) is 14.2. The largest absolute Gasteiger partial charge is 0.465 e. The van der Waals surface area contributed by atoms with Crippen LogP contribution in [0.5, 0.6) is 0 Å². The highest BCUT2D eigenvalue weighted by molar-refractivity contribution is 6.08. The van der Waals surface area contributed by atoms with Gasteiger partial charge in [0.1, 0.15) is 0 Å². The summed E-state index contributed by atoms with van der Waals surface area (Å²) in [5, 5.41) is 16.6. The minimum absolute atomic E-state index is 0.142. The third kappa shape index (κ3) is 7.28. The van der Waals surface area contributed by atoms with Crippen LogP contribution in [0.15, 0.2) is 59.1 Å². The van der Waals surface area contributed by atoms with Gasteiger partial charge in [-0.05, 0) is 43.7 Å². The maximum absolute atomic E-state index is 12.8. The van der Waals surface area contributed by atoms with E-state index in [-0.39, 0.29) is 24.4 Å². The molecule has 0 spiro atoms. The number of para-hydroxylation sites is 1. The zero-order valence-electron chi connectivity index (χ0n) is 19.0. The van der Waals surface area contributed by atoms with Gasteiger partial charge >= 0.3 is 6.09 Å². The molecule has 0 bridgehead atoms. The quantitative estimate of drug-likeness (QED) is 0.362. The molecule has 0 aromatic heterocycles. The lowest BCUT2D eigenvalue weighted by Gasteiger charge is -2.11. The smallest absolute Gasteiger partial charge is 0.404 e. The first-order valence-electron chi connectivity index (χ1n) is 11.1. The van der Waals surface area contributed by atoms with Crippen molar-refractivity contribution in [3.8, 4) is 0 Å². The maximum Gasteiger partial charge on any atom is 0.404 e. The predicted molar refractivity (Wildman–Crippen MR) is 132 cm³/mol. The first-order valence-corrected chi connectivity index (χ1v) is 11.1. The highest BCUT2D eigenvalue weighted by Gasteiger charge is 2.19. The van der Waals surface area contributed by atoms with Crippen molar-refractivity contribution in [3.63, 3.8) is 0 Å². The monoisotopic (exact) mass is 463 g/mol. The fourth-order valence-electron chi connectivity index (χ4n) is 3.53. The van der Waals surface area contributed by atoms with Crippen LogP contribution in [0.3, 0.4) is 0 Å². The Morgan fingerprint density at radius 1 is 1.06 bits per heavy atom. The van der Waals surface area contributed by atoms with E-state index < -0.39 is 6.09 Å². The average molecular weight is 464 g/mol. The van der Waals surface area contributed by atoms with Crippen LogP contribution in [-0.2, 0) is 4.79 Å². The predicted octanol–water partition coefficient (Wildman–Crippen LogP) is 3.31. The summed E-state index contributed by atoms with van der Waals surface area (Å²) in [7, 11) is 0. The number of nitrogens with zero attached hydrogens (tertiary/aromatic N) is 1. The third-order valence-corrected chi connectivity index (χ3v) is 5.09. The number of aliphatic imine (C=N–C) groups is 1. The summed E-state index contributed by atoms with van der Waals surface area (Å²) in [5.41, 5.74) is 9.77. The molecule has 2 aromatic rings. The molecular weight excluding hydrogens is 434 g/mol. The lowest BCUT2D eigenvalue weighted by atomic mass is 10.0. The minimum Gasteiger partial charge on any atom is -0.465 e. The van der Waals surface area contributed by atoms with Crippen molar-refractivity contribution in [2.24, 2.45) is 10.7 Å². The molecular formula is C25H29N5O4. The van der Waals surface area contributed by atoms with Crippen LogP contribution in [0.25, 0.3) is 6.08 Å². The van der Waals surface area contributed by atoms with Crippen molar-refractivity contribution in [2.75, 3.05) is 18.4 Å². The lowest BCUT2D eigenvalue weighted by Crippen LogP contribution is -2.30. The molecule has 1 atom stereocenters. The Balaban J connectivity index is 1.79. The normalized spacial score (nSPS) is 13.5. The second-order valence-electron chi connectivity index (χ2n) is 8.14. The van der Waals surface area contributed by atoms with Gasteiger partial charge in [0.25, 0.3) is 5.91 Å². The van der Waals surface area contributed by atoms with Crippen LogP contribution in [0, 0.1) is 0 Å². The summed E-state index contributed by atoms with van der Waals surface area (Å²) in [6.45, 7) is 2.46. The molecule has 1 aliphatic heterocycles. The van der Waals surface area contributed by atoms with Crippen LogP contribution in [-0.4, -0.2) is 47.9 Å². The summed E-state index contributed by atoms with van der Waals surface area (Å²) < 4.78 is 0. The SMILES string of the molecule is CC(N)CC1=Nc2cc(C(=O)Nc3ccccc3)ccc2C=C(C(=O)NCCCNC(=O)O)C1. The molecule has 1 heterocycles. The second kappa shape index (κ2) is 11.8. The fraction of sp³-hybridized carbons (Fsp3) is 0.280. The number of carboxylic acid groups (broad SMARTS) is 1. The number of hydrogen-bond acceptors (Lipinski definition) is 5. The van der Waals surface area contributed by atoms with E-state index in [0.717, 1.165) is 11.3 Å². The Bertz CT molecular complexity index is 1110. The number of hydrogen-bond donors (Lipinski definition) is 5. The fourth-order valence-corrected chi connectivity index (χ4v) is 3.53. The Morgan fingerprint density at radius 3 is 2.50 bits per heavy atom. The van der Waals surface area contributed by atoms with Crippen molar-refractivity contribution in [2.45, 2.75) is 32.2 Å². The molecule has 3 rings (SSSR count). The zero-order valence-corrected chi connectivity index (χ0v) is 19.0. The first kappa shape index (κ1) is 24.7. The Morgan fingerprint density at radius 2 is 1.79 bits per heavy atom. The summed E-state index contributed by atoms with van der Waals surface area (Å²) in [4.78, 5) is 40.8. The molecule has 0 saturated carbocycles. The van der Waals surface area contributed by atoms with Crippen molar-refractivity contribution < 1.29 is 19.5 Å². The summed E-state index contributed by atoms with van der Waals surface area (Å²) in [5.74, 6) is -0.495. The Hall–Kier alpha value is -3.98. The molecule has 0 aliphatic carbocycles. The van der Waals surface area contributed by atoms with Crippen molar-refractivity contribution in [1.82, 2.24) is 10.6 Å². The zero-order chi connectivity index (χ0) is 24.5. The molecule has 3 amide bonds. The van der Waals surface area contributed by atoms with Gasteiger partial charge in [0.05, 0.1) is 5.69 Å². The van der Waals surface area contributed by atoms with Crippen molar-refractivity contribution in [1.29, 1.82) is 0 Å². The van der Waals surface area contributed by atoms with E-state index in [9.17, 15) is 14.4 Å². The van der Waals surface area contributed by atoms with Gasteiger partial charge in [-0.25, -0.2) is 4.79 Å². The summed E-state index contributed by atoms with van der Waals surface area (Å²) >= 11 is 0. The van der Waals surface area contributed by atoms with Crippen molar-refractivity contribution >= 4 is 41.1 Å². The van der Waals surface area contributed by atoms with E-state index in [4.69, 9.17) is 15.8 Å². The third-order valence-electron chi connectivity index (χ3n) is 5.09. The molecule has 1 aliphatic rings. The van der Waals surface area contributed by atoms with E-state index in [2.05, 4.69) is 16.0 Å². The maximum atomic E-state index is 12.8. The van der Waals surface area contributed by atoms with E-state index in [1.807, 2.05) is 37.3 Å². The van der Waals surface area contributed by atoms with Gasteiger partial charge in [0.2, 0.25) is 5.91 Å². The Labute approximate surface area is 198 Å². The van der Waals surface area contributed by atoms with E-state index in [0.29, 0.717) is 48.3 Å². The average Bonchev–Trinajstić information content (AvgIpc) is 2.97. The molecule has 0 fully saturated rings. The van der Waals surface area contributed by atoms with Crippen LogP contribution >= 0.6 is 0 Å². The van der Waals surface area contributed by atoms with Gasteiger partial charge in [-0.15, -0.1) is 0 Å². The number of carbonyl (C=O) groups is 3. The number of amides is 3. The van der Waals surface area contributed by atoms with E-state index >= 15 is 0 Å². The second-order valence-corrected chi connectivity index (χ2v) is 8.14. The van der Waals surface area contributed by atoms with Crippen LogP contribution in [0.1, 0.15) is 42.1 Å². The van der Waals surface area contributed by atoms with Crippen LogP contribution in [0.2, 0.25) is 0 Å². The van der Waals surface area contributed by atoms with Gasteiger partial charge in [0, 0.05) is 60.1 Å². The van der Waals surface area contributed by atoms with Crippen molar-refractivity contribution in [3.05, 3.63) is 65.2 Å². The molecule has 34 heavy (non-hydrogen) atoms. The van der Waals surface area contributed by atoms with Crippen LogP contribution < -0.4 is 21.7 Å². The molecule has 2 aromatic carbocycles. The number of nitrogens with two attached hydrogens (primary N) is 1. The molecule has 178 valence electrons. The Kier molecular flexibility index (Phi) is 8.53. The molecule has 9 heteroatoms. The van der Waals surface area contributed by atoms with Crippen LogP contribution in [0.4, 0.5) is 16.2 Å². The van der Waals surface area contributed by atoms with E-state index in [1.165, 1.54) is 0 Å². The van der Waals surface area contributed by atoms with Gasteiger partial charge < -0.3 is 26.8 Å². The lowest BCUT2D eigenvalue weighted by molar-refractivity contribution is -0.117. The topological polar surface area (TPSA) is 146 Å². The number of anilines is 1. The molecule has 1 unspecified atom stereocenters. The number of benzene rings is 2. The molecule has 0 radical (unpaired) electrons. The van der Waals surface area contributed by atoms with E-state index in [1.54, 1.807) is 24.3 Å².